The van der Waals surface area contributed by atoms with Crippen LogP contribution in [-0.2, 0) is 16.6 Å². The molecule has 0 spiro atoms. The molecule has 0 saturated carbocycles. The zero-order valence-electron chi connectivity index (χ0n) is 17.1. The number of para-hydroxylation sites is 2. The van der Waals surface area contributed by atoms with Gasteiger partial charge in [-0.05, 0) is 31.5 Å². The molecule has 158 valence electrons. The van der Waals surface area contributed by atoms with E-state index in [0.717, 1.165) is 22.4 Å². The second kappa shape index (κ2) is 9.31. The number of rotatable bonds is 7. The highest BCUT2D eigenvalue weighted by molar-refractivity contribution is 7.99. The minimum absolute atomic E-state index is 0.103. The maximum atomic E-state index is 12.6. The number of hydrogen-bond acceptors (Lipinski definition) is 7. The Kier molecular flexibility index (Phi) is 6.78. The van der Waals surface area contributed by atoms with Crippen LogP contribution in [0.15, 0.2) is 29.4 Å². The molecule has 2 heterocycles. The first-order valence-electron chi connectivity index (χ1n) is 9.24. The summed E-state index contributed by atoms with van der Waals surface area (Å²) in [5.41, 5.74) is 2.53. The van der Waals surface area contributed by atoms with Crippen molar-refractivity contribution in [1.82, 2.24) is 14.9 Å². The van der Waals surface area contributed by atoms with Crippen LogP contribution < -0.4 is 10.6 Å². The van der Waals surface area contributed by atoms with E-state index in [2.05, 4.69) is 15.6 Å². The molecular weight excluding hydrogens is 424 g/mol. The highest BCUT2D eigenvalue weighted by Crippen LogP contribution is 2.34. The SMILES string of the molecule is CCOC(=O)c1c(NC(=O)CSc2nc3ccccc3n2C)sc(C(=O)NC)c1C. The van der Waals surface area contributed by atoms with Crippen molar-refractivity contribution < 1.29 is 19.1 Å². The summed E-state index contributed by atoms with van der Waals surface area (Å²) < 4.78 is 7.03. The number of fused-ring (bicyclic) bond motifs is 1. The molecule has 0 aliphatic heterocycles. The minimum atomic E-state index is -0.570. The van der Waals surface area contributed by atoms with Gasteiger partial charge in [-0.2, -0.15) is 0 Å². The zero-order chi connectivity index (χ0) is 21.8. The van der Waals surface area contributed by atoms with Crippen molar-refractivity contribution in [1.29, 1.82) is 0 Å². The standard InChI is InChI=1S/C20H22N4O4S2/c1-5-28-19(27)15-11(2)16(17(26)21-3)30-18(15)23-14(25)10-29-20-22-12-8-6-7-9-13(12)24(20)4/h6-9H,5,10H2,1-4H3,(H,21,26)(H,23,25). The fourth-order valence-corrected chi connectivity index (χ4v) is 4.87. The Morgan fingerprint density at radius 1 is 1.27 bits per heavy atom. The number of amides is 2. The number of nitrogens with zero attached hydrogens (tertiary/aromatic N) is 2. The van der Waals surface area contributed by atoms with E-state index in [4.69, 9.17) is 4.74 Å². The molecule has 30 heavy (non-hydrogen) atoms. The molecule has 10 heteroatoms. The number of nitrogens with one attached hydrogen (secondary N) is 2. The van der Waals surface area contributed by atoms with Crippen LogP contribution in [0.25, 0.3) is 11.0 Å². The lowest BCUT2D eigenvalue weighted by molar-refractivity contribution is -0.113. The number of aryl methyl sites for hydroxylation is 1. The number of carbonyl (C=O) groups is 3. The van der Waals surface area contributed by atoms with Gasteiger partial charge in [0, 0.05) is 14.1 Å². The molecule has 0 unspecified atom stereocenters. The van der Waals surface area contributed by atoms with E-state index in [1.165, 1.54) is 18.8 Å². The maximum absolute atomic E-state index is 12.6. The first-order valence-corrected chi connectivity index (χ1v) is 11.0. The largest absolute Gasteiger partial charge is 0.462 e. The van der Waals surface area contributed by atoms with Gasteiger partial charge in [0.15, 0.2) is 5.16 Å². The van der Waals surface area contributed by atoms with Gasteiger partial charge in [-0.25, -0.2) is 9.78 Å². The Balaban J connectivity index is 1.78. The van der Waals surface area contributed by atoms with Gasteiger partial charge in [0.1, 0.15) is 5.00 Å². The van der Waals surface area contributed by atoms with Crippen LogP contribution in [-0.4, -0.2) is 46.7 Å². The van der Waals surface area contributed by atoms with Crippen LogP contribution in [0.2, 0.25) is 0 Å². The average Bonchev–Trinajstić information content (AvgIpc) is 3.23. The van der Waals surface area contributed by atoms with Crippen molar-refractivity contribution in [3.63, 3.8) is 0 Å². The third kappa shape index (κ3) is 4.34. The molecule has 0 aliphatic rings. The monoisotopic (exact) mass is 446 g/mol. The smallest absolute Gasteiger partial charge is 0.341 e. The Morgan fingerprint density at radius 3 is 2.67 bits per heavy atom. The predicted octanol–water partition coefficient (Wildman–Crippen LogP) is 3.21. The molecule has 2 amide bonds. The van der Waals surface area contributed by atoms with E-state index in [0.29, 0.717) is 20.6 Å². The Bertz CT molecular complexity index is 1120. The molecule has 0 saturated heterocycles. The number of imidazole rings is 1. The summed E-state index contributed by atoms with van der Waals surface area (Å²) in [7, 11) is 3.41. The molecule has 0 bridgehead atoms. The summed E-state index contributed by atoms with van der Waals surface area (Å²) in [6, 6.07) is 7.73. The summed E-state index contributed by atoms with van der Waals surface area (Å²) in [6.07, 6.45) is 0. The van der Waals surface area contributed by atoms with Gasteiger partial charge < -0.3 is 19.9 Å². The summed E-state index contributed by atoms with van der Waals surface area (Å²) in [5.74, 6) is -1.09. The molecule has 1 aromatic carbocycles. The van der Waals surface area contributed by atoms with Gasteiger partial charge in [-0.1, -0.05) is 23.9 Å². The third-order valence-electron chi connectivity index (χ3n) is 4.39. The van der Waals surface area contributed by atoms with Gasteiger partial charge in [0.25, 0.3) is 5.91 Å². The summed E-state index contributed by atoms with van der Waals surface area (Å²) in [4.78, 5) is 42.0. The number of ether oxygens (including phenoxy) is 1. The average molecular weight is 447 g/mol. The quantitative estimate of drug-likeness (QED) is 0.427. The maximum Gasteiger partial charge on any atom is 0.341 e. The van der Waals surface area contributed by atoms with E-state index in [9.17, 15) is 14.4 Å². The molecule has 2 aromatic heterocycles. The molecule has 8 nitrogen and oxygen atoms in total. The van der Waals surface area contributed by atoms with Crippen molar-refractivity contribution in [2.24, 2.45) is 7.05 Å². The van der Waals surface area contributed by atoms with Crippen molar-refractivity contribution in [3.8, 4) is 0 Å². The van der Waals surface area contributed by atoms with E-state index in [-0.39, 0.29) is 29.7 Å². The second-order valence-corrected chi connectivity index (χ2v) is 8.30. The second-order valence-electron chi connectivity index (χ2n) is 6.34. The topological polar surface area (TPSA) is 102 Å². The fourth-order valence-electron chi connectivity index (χ4n) is 2.93. The fraction of sp³-hybridized carbons (Fsp3) is 0.300. The van der Waals surface area contributed by atoms with Crippen molar-refractivity contribution >= 4 is 56.9 Å². The highest BCUT2D eigenvalue weighted by atomic mass is 32.2. The lowest BCUT2D eigenvalue weighted by Gasteiger charge is -2.07. The first kappa shape index (κ1) is 21.8. The van der Waals surface area contributed by atoms with Crippen LogP contribution in [0.4, 0.5) is 5.00 Å². The first-order chi connectivity index (χ1) is 14.4. The molecule has 3 aromatic rings. The van der Waals surface area contributed by atoms with Gasteiger partial charge in [0.05, 0.1) is 33.8 Å². The van der Waals surface area contributed by atoms with Gasteiger partial charge in [-0.3, -0.25) is 9.59 Å². The lowest BCUT2D eigenvalue weighted by atomic mass is 10.1. The number of benzene rings is 1. The van der Waals surface area contributed by atoms with E-state index in [1.807, 2.05) is 35.9 Å². The van der Waals surface area contributed by atoms with Gasteiger partial charge >= 0.3 is 5.97 Å². The molecule has 0 radical (unpaired) electrons. The summed E-state index contributed by atoms with van der Waals surface area (Å²) >= 11 is 2.35. The normalized spacial score (nSPS) is 10.8. The van der Waals surface area contributed by atoms with Crippen LogP contribution in [0.3, 0.4) is 0 Å². The Morgan fingerprint density at radius 2 is 2.00 bits per heavy atom. The third-order valence-corrected chi connectivity index (χ3v) is 6.63. The number of esters is 1. The van der Waals surface area contributed by atoms with Crippen molar-refractivity contribution in [2.45, 2.75) is 19.0 Å². The molecule has 0 atom stereocenters. The molecule has 0 aliphatic carbocycles. The highest BCUT2D eigenvalue weighted by Gasteiger charge is 2.26. The molecule has 3 rings (SSSR count). The van der Waals surface area contributed by atoms with Gasteiger partial charge in [0.2, 0.25) is 5.91 Å². The van der Waals surface area contributed by atoms with E-state index >= 15 is 0 Å². The lowest BCUT2D eigenvalue weighted by Crippen LogP contribution is -2.18. The Labute approximate surface area is 182 Å². The molecular formula is C20H22N4O4S2. The van der Waals surface area contributed by atoms with Crippen LogP contribution in [0.1, 0.15) is 32.5 Å². The molecule has 2 N–H and O–H groups in total. The van der Waals surface area contributed by atoms with Gasteiger partial charge in [-0.15, -0.1) is 11.3 Å². The van der Waals surface area contributed by atoms with Crippen LogP contribution >= 0.6 is 23.1 Å². The van der Waals surface area contributed by atoms with Crippen LogP contribution in [0, 0.1) is 6.92 Å². The number of aromatic nitrogens is 2. The predicted molar refractivity (Wildman–Crippen MR) is 118 cm³/mol. The van der Waals surface area contributed by atoms with E-state index < -0.39 is 5.97 Å². The number of hydrogen-bond donors (Lipinski definition) is 2. The summed E-state index contributed by atoms with van der Waals surface area (Å²) in [5, 5.41) is 6.32. The van der Waals surface area contributed by atoms with E-state index in [1.54, 1.807) is 13.8 Å². The van der Waals surface area contributed by atoms with Crippen molar-refractivity contribution in [3.05, 3.63) is 40.3 Å². The Hall–Kier alpha value is -2.85. The number of thiophene rings is 1. The molecule has 0 fully saturated rings. The zero-order valence-corrected chi connectivity index (χ0v) is 18.7. The number of anilines is 1. The number of carbonyl (C=O) groups excluding carboxylic acids is 3. The number of thioether (sulfide) groups is 1. The summed E-state index contributed by atoms with van der Waals surface area (Å²) in [6.45, 7) is 3.56. The van der Waals surface area contributed by atoms with Crippen LogP contribution in [0.5, 0.6) is 0 Å². The minimum Gasteiger partial charge on any atom is -0.462 e. The van der Waals surface area contributed by atoms with Crippen molar-refractivity contribution in [2.75, 3.05) is 24.7 Å².